The summed E-state index contributed by atoms with van der Waals surface area (Å²) in [6.45, 7) is 1.26. The van der Waals surface area contributed by atoms with Crippen LogP contribution in [-0.4, -0.2) is 26.4 Å². The summed E-state index contributed by atoms with van der Waals surface area (Å²) in [5.41, 5.74) is 1.03. The highest BCUT2D eigenvalue weighted by molar-refractivity contribution is 6.06. The van der Waals surface area contributed by atoms with Crippen molar-refractivity contribution in [3.8, 4) is 0 Å². The molecule has 0 saturated carbocycles. The molecule has 1 N–H and O–H groups in total. The molecule has 0 spiro atoms. The Bertz CT molecular complexity index is 572. The Morgan fingerprint density at radius 1 is 1.50 bits per heavy atom. The van der Waals surface area contributed by atoms with Crippen LogP contribution in [0.25, 0.3) is 11.0 Å². The Kier molecular flexibility index (Phi) is 2.44. The topological polar surface area (TPSA) is 72.2 Å². The van der Waals surface area contributed by atoms with Crippen LogP contribution in [0.2, 0.25) is 0 Å². The largest absolute Gasteiger partial charge is 0.480 e. The highest BCUT2D eigenvalue weighted by Crippen LogP contribution is 2.19. The molecule has 2 aromatic heterocycles. The van der Waals surface area contributed by atoms with Gasteiger partial charge in [0.05, 0.1) is 0 Å². The molecule has 16 heavy (non-hydrogen) atoms. The first-order valence-electron chi connectivity index (χ1n) is 4.76. The number of carboxylic acids is 1. The van der Waals surface area contributed by atoms with Crippen molar-refractivity contribution < 1.29 is 14.7 Å². The van der Waals surface area contributed by atoms with E-state index in [-0.39, 0.29) is 12.3 Å². The Morgan fingerprint density at radius 2 is 2.25 bits per heavy atom. The molecule has 0 aliphatic heterocycles. The van der Waals surface area contributed by atoms with E-state index in [0.29, 0.717) is 16.6 Å². The van der Waals surface area contributed by atoms with Gasteiger partial charge >= 0.3 is 5.97 Å². The van der Waals surface area contributed by atoms with Gasteiger partial charge in [0.1, 0.15) is 12.2 Å². The normalized spacial score (nSPS) is 10.6. The zero-order valence-corrected chi connectivity index (χ0v) is 8.67. The van der Waals surface area contributed by atoms with Crippen LogP contribution in [0.4, 0.5) is 0 Å². The van der Waals surface area contributed by atoms with Gasteiger partial charge in [-0.2, -0.15) is 0 Å². The lowest BCUT2D eigenvalue weighted by Crippen LogP contribution is -2.07. The van der Waals surface area contributed by atoms with Crippen molar-refractivity contribution >= 4 is 22.8 Å². The summed E-state index contributed by atoms with van der Waals surface area (Å²) in [5, 5.41) is 9.43. The van der Waals surface area contributed by atoms with Crippen LogP contribution in [-0.2, 0) is 11.3 Å². The fraction of sp³-hybridized carbons (Fsp3) is 0.182. The summed E-state index contributed by atoms with van der Waals surface area (Å²) >= 11 is 0. The number of hydrogen-bond donors (Lipinski definition) is 1. The molecule has 2 rings (SSSR count). The molecule has 2 heterocycles. The van der Waals surface area contributed by atoms with E-state index in [1.165, 1.54) is 17.7 Å². The van der Waals surface area contributed by atoms with E-state index >= 15 is 0 Å². The van der Waals surface area contributed by atoms with Crippen molar-refractivity contribution in [2.24, 2.45) is 0 Å². The molecular formula is C11H10N2O3. The van der Waals surface area contributed by atoms with Gasteiger partial charge in [-0.15, -0.1) is 0 Å². The van der Waals surface area contributed by atoms with Gasteiger partial charge in [-0.3, -0.25) is 9.59 Å². The summed E-state index contributed by atoms with van der Waals surface area (Å²) in [7, 11) is 0. The van der Waals surface area contributed by atoms with Crippen LogP contribution >= 0.6 is 0 Å². The number of carbonyl (C=O) groups excluding carboxylic acids is 1. The molecule has 0 fully saturated rings. The number of pyridine rings is 1. The first-order valence-corrected chi connectivity index (χ1v) is 4.76. The summed E-state index contributed by atoms with van der Waals surface area (Å²) < 4.78 is 1.47. The van der Waals surface area contributed by atoms with Crippen LogP contribution in [0.5, 0.6) is 0 Å². The summed E-state index contributed by atoms with van der Waals surface area (Å²) in [5.74, 6) is -1.06. The summed E-state index contributed by atoms with van der Waals surface area (Å²) in [6, 6.07) is 3.48. The van der Waals surface area contributed by atoms with E-state index in [2.05, 4.69) is 4.98 Å². The number of ketones is 1. The SMILES string of the molecule is CC(=O)c1cn(CC(=O)O)c2ncccc12. The molecule has 0 aliphatic carbocycles. The molecule has 5 heteroatoms. The van der Waals surface area contributed by atoms with Crippen molar-refractivity contribution in [2.75, 3.05) is 0 Å². The number of fused-ring (bicyclic) bond motifs is 1. The van der Waals surface area contributed by atoms with Gasteiger partial charge in [-0.25, -0.2) is 4.98 Å². The molecule has 0 amide bonds. The average Bonchev–Trinajstić information content (AvgIpc) is 2.57. The monoisotopic (exact) mass is 218 g/mol. The van der Waals surface area contributed by atoms with Gasteiger partial charge in [0.25, 0.3) is 0 Å². The van der Waals surface area contributed by atoms with E-state index in [0.717, 1.165) is 0 Å². The molecule has 0 atom stereocenters. The fourth-order valence-corrected chi connectivity index (χ4v) is 1.67. The number of rotatable bonds is 3. The van der Waals surface area contributed by atoms with Crippen molar-refractivity contribution in [3.63, 3.8) is 0 Å². The van der Waals surface area contributed by atoms with Crippen molar-refractivity contribution in [1.82, 2.24) is 9.55 Å². The third-order valence-corrected chi connectivity index (χ3v) is 2.32. The average molecular weight is 218 g/mol. The Morgan fingerprint density at radius 3 is 2.88 bits per heavy atom. The number of nitrogens with zero attached hydrogens (tertiary/aromatic N) is 2. The van der Waals surface area contributed by atoms with Crippen molar-refractivity contribution in [1.29, 1.82) is 0 Å². The first-order chi connectivity index (χ1) is 7.59. The molecule has 0 bridgehead atoms. The molecule has 0 unspecified atom stereocenters. The lowest BCUT2D eigenvalue weighted by molar-refractivity contribution is -0.137. The molecule has 0 radical (unpaired) electrons. The van der Waals surface area contributed by atoms with Gasteiger partial charge in [0, 0.05) is 23.3 Å². The Balaban J connectivity index is 2.66. The maximum absolute atomic E-state index is 11.4. The zero-order valence-electron chi connectivity index (χ0n) is 8.67. The molecule has 5 nitrogen and oxygen atoms in total. The van der Waals surface area contributed by atoms with E-state index in [1.807, 2.05) is 0 Å². The molecule has 2 aromatic rings. The van der Waals surface area contributed by atoms with Gasteiger partial charge in [0.15, 0.2) is 5.78 Å². The van der Waals surface area contributed by atoms with E-state index in [9.17, 15) is 9.59 Å². The second-order valence-corrected chi connectivity index (χ2v) is 3.50. The maximum atomic E-state index is 11.4. The van der Waals surface area contributed by atoms with Gasteiger partial charge in [-0.1, -0.05) is 0 Å². The second kappa shape index (κ2) is 3.77. The highest BCUT2D eigenvalue weighted by Gasteiger charge is 2.13. The zero-order chi connectivity index (χ0) is 11.7. The molecule has 0 saturated heterocycles. The Labute approximate surface area is 91.3 Å². The third kappa shape index (κ3) is 1.67. The molecule has 0 aliphatic rings. The van der Waals surface area contributed by atoms with Crippen LogP contribution in [0.1, 0.15) is 17.3 Å². The van der Waals surface area contributed by atoms with Crippen molar-refractivity contribution in [3.05, 3.63) is 30.1 Å². The van der Waals surface area contributed by atoms with Crippen LogP contribution < -0.4 is 0 Å². The molecular weight excluding hydrogens is 208 g/mol. The quantitative estimate of drug-likeness (QED) is 0.788. The highest BCUT2D eigenvalue weighted by atomic mass is 16.4. The summed E-state index contributed by atoms with van der Waals surface area (Å²) in [4.78, 5) is 26.1. The number of hydrogen-bond acceptors (Lipinski definition) is 3. The van der Waals surface area contributed by atoms with E-state index in [4.69, 9.17) is 5.11 Å². The van der Waals surface area contributed by atoms with Crippen LogP contribution in [0.3, 0.4) is 0 Å². The first kappa shape index (κ1) is 10.4. The predicted octanol–water partition coefficient (Wildman–Crippen LogP) is 1.32. The standard InChI is InChI=1S/C11H10N2O3/c1-7(14)9-5-13(6-10(15)16)11-8(9)3-2-4-12-11/h2-5H,6H2,1H3,(H,15,16). The number of carbonyl (C=O) groups is 2. The predicted molar refractivity (Wildman–Crippen MR) is 57.4 cm³/mol. The Hall–Kier alpha value is -2.17. The number of aromatic nitrogens is 2. The van der Waals surface area contributed by atoms with Crippen LogP contribution in [0.15, 0.2) is 24.5 Å². The van der Waals surface area contributed by atoms with Crippen molar-refractivity contribution in [2.45, 2.75) is 13.5 Å². The van der Waals surface area contributed by atoms with Gasteiger partial charge in [0.2, 0.25) is 0 Å². The van der Waals surface area contributed by atoms with E-state index in [1.54, 1.807) is 18.3 Å². The molecule has 82 valence electrons. The van der Waals surface area contributed by atoms with Gasteiger partial charge < -0.3 is 9.67 Å². The smallest absolute Gasteiger partial charge is 0.323 e. The number of aliphatic carboxylic acids is 1. The minimum absolute atomic E-state index is 0.0952. The second-order valence-electron chi connectivity index (χ2n) is 3.50. The lowest BCUT2D eigenvalue weighted by atomic mass is 10.2. The summed E-state index contributed by atoms with van der Waals surface area (Å²) in [6.07, 6.45) is 3.11. The van der Waals surface area contributed by atoms with E-state index < -0.39 is 5.97 Å². The third-order valence-electron chi connectivity index (χ3n) is 2.32. The maximum Gasteiger partial charge on any atom is 0.323 e. The molecule has 0 aromatic carbocycles. The lowest BCUT2D eigenvalue weighted by Gasteiger charge is -1.98. The van der Waals surface area contributed by atoms with Gasteiger partial charge in [-0.05, 0) is 19.1 Å². The number of Topliss-reactive ketones (excluding diaryl/α,β-unsaturated/α-hetero) is 1. The number of carboxylic acid groups (broad SMARTS) is 1. The minimum atomic E-state index is -0.961. The minimum Gasteiger partial charge on any atom is -0.480 e. The van der Waals surface area contributed by atoms with Crippen LogP contribution in [0, 0.1) is 0 Å². The fourth-order valence-electron chi connectivity index (χ4n) is 1.67.